The second-order valence-electron chi connectivity index (χ2n) is 6.67. The van der Waals surface area contributed by atoms with Crippen LogP contribution < -0.4 is 4.84 Å². The zero-order chi connectivity index (χ0) is 19.5. The van der Waals surface area contributed by atoms with Gasteiger partial charge in [0.05, 0.1) is 18.6 Å². The normalized spacial score (nSPS) is 11.8. The van der Waals surface area contributed by atoms with Crippen LogP contribution in [0.25, 0.3) is 5.69 Å². The van der Waals surface area contributed by atoms with E-state index in [1.54, 1.807) is 24.7 Å². The SMILES string of the molecule is CCCCCCS(=O)(=O)N(CCCCC)Oc1ccc(-n2ccnc2)cc1. The van der Waals surface area contributed by atoms with Crippen molar-refractivity contribution in [2.45, 2.75) is 58.8 Å². The molecule has 0 bridgehead atoms. The monoisotopic (exact) mass is 393 g/mol. The van der Waals surface area contributed by atoms with Crippen molar-refractivity contribution in [3.05, 3.63) is 43.0 Å². The van der Waals surface area contributed by atoms with Crippen LogP contribution in [0.2, 0.25) is 0 Å². The van der Waals surface area contributed by atoms with Crippen molar-refractivity contribution in [1.29, 1.82) is 0 Å². The first-order valence-electron chi connectivity index (χ1n) is 9.83. The second kappa shape index (κ2) is 11.1. The molecule has 1 aromatic carbocycles. The molecule has 0 atom stereocenters. The van der Waals surface area contributed by atoms with Crippen molar-refractivity contribution in [3.63, 3.8) is 0 Å². The lowest BCUT2D eigenvalue weighted by atomic mass is 10.2. The van der Waals surface area contributed by atoms with E-state index in [0.29, 0.717) is 18.7 Å². The maximum atomic E-state index is 12.7. The molecule has 0 saturated carbocycles. The lowest BCUT2D eigenvalue weighted by Crippen LogP contribution is -2.37. The highest BCUT2D eigenvalue weighted by Gasteiger charge is 2.23. The van der Waals surface area contributed by atoms with E-state index in [1.807, 2.05) is 22.9 Å². The van der Waals surface area contributed by atoms with E-state index in [2.05, 4.69) is 18.8 Å². The summed E-state index contributed by atoms with van der Waals surface area (Å²) in [6, 6.07) is 7.34. The van der Waals surface area contributed by atoms with Crippen molar-refractivity contribution < 1.29 is 13.3 Å². The quantitative estimate of drug-likeness (QED) is 0.369. The molecular weight excluding hydrogens is 362 g/mol. The van der Waals surface area contributed by atoms with Gasteiger partial charge in [0.15, 0.2) is 0 Å². The van der Waals surface area contributed by atoms with E-state index >= 15 is 0 Å². The highest BCUT2D eigenvalue weighted by atomic mass is 32.2. The topological polar surface area (TPSA) is 64.4 Å². The Hall–Kier alpha value is -1.86. The van der Waals surface area contributed by atoms with Gasteiger partial charge in [-0.15, -0.1) is 0 Å². The van der Waals surface area contributed by atoms with Gasteiger partial charge < -0.3 is 9.40 Å². The summed E-state index contributed by atoms with van der Waals surface area (Å²) in [6.45, 7) is 4.59. The molecule has 0 amide bonds. The third kappa shape index (κ3) is 6.99. The summed E-state index contributed by atoms with van der Waals surface area (Å²) < 4.78 is 28.5. The lowest BCUT2D eigenvalue weighted by Gasteiger charge is -2.22. The fourth-order valence-electron chi connectivity index (χ4n) is 2.75. The Bertz CT molecular complexity index is 743. The lowest BCUT2D eigenvalue weighted by molar-refractivity contribution is 0.0344. The molecule has 2 rings (SSSR count). The Kier molecular flexibility index (Phi) is 8.81. The average Bonchev–Trinajstić information content (AvgIpc) is 3.20. The molecule has 0 fully saturated rings. The number of sulfonamides is 1. The highest BCUT2D eigenvalue weighted by Crippen LogP contribution is 2.19. The van der Waals surface area contributed by atoms with Gasteiger partial charge in [-0.2, -0.15) is 0 Å². The number of imidazole rings is 1. The molecule has 150 valence electrons. The Balaban J connectivity index is 2.04. The van der Waals surface area contributed by atoms with E-state index in [1.165, 1.54) is 4.47 Å². The van der Waals surface area contributed by atoms with Crippen LogP contribution in [0, 0.1) is 0 Å². The zero-order valence-corrected chi connectivity index (χ0v) is 17.2. The molecule has 6 nitrogen and oxygen atoms in total. The Labute approximate surface area is 163 Å². The number of benzene rings is 1. The molecule has 2 aromatic rings. The number of nitrogens with zero attached hydrogens (tertiary/aromatic N) is 3. The number of hydrogen-bond acceptors (Lipinski definition) is 4. The third-order valence-corrected chi connectivity index (χ3v) is 6.04. The Morgan fingerprint density at radius 1 is 1.00 bits per heavy atom. The first-order chi connectivity index (χ1) is 13.1. The molecule has 0 radical (unpaired) electrons. The summed E-state index contributed by atoms with van der Waals surface area (Å²) in [5, 5.41) is 0. The van der Waals surface area contributed by atoms with Crippen molar-refractivity contribution in [1.82, 2.24) is 14.0 Å². The van der Waals surface area contributed by atoms with Crippen LogP contribution in [0.5, 0.6) is 5.75 Å². The molecule has 0 N–H and O–H groups in total. The van der Waals surface area contributed by atoms with E-state index in [4.69, 9.17) is 4.84 Å². The predicted octanol–water partition coefficient (Wildman–Crippen LogP) is 4.57. The van der Waals surface area contributed by atoms with Crippen LogP contribution in [0.1, 0.15) is 58.8 Å². The van der Waals surface area contributed by atoms with Crippen molar-refractivity contribution in [2.24, 2.45) is 0 Å². The summed E-state index contributed by atoms with van der Waals surface area (Å²) >= 11 is 0. The van der Waals surface area contributed by atoms with Crippen LogP contribution in [0.4, 0.5) is 0 Å². The maximum absolute atomic E-state index is 12.7. The van der Waals surface area contributed by atoms with E-state index in [9.17, 15) is 8.42 Å². The van der Waals surface area contributed by atoms with Crippen LogP contribution in [-0.4, -0.2) is 34.7 Å². The molecule has 0 aliphatic carbocycles. The first-order valence-corrected chi connectivity index (χ1v) is 11.4. The van der Waals surface area contributed by atoms with Gasteiger partial charge in [-0.05, 0) is 41.6 Å². The van der Waals surface area contributed by atoms with Gasteiger partial charge in [-0.1, -0.05) is 46.0 Å². The van der Waals surface area contributed by atoms with Crippen molar-refractivity contribution in [2.75, 3.05) is 12.3 Å². The van der Waals surface area contributed by atoms with Gasteiger partial charge in [0.2, 0.25) is 10.0 Å². The maximum Gasteiger partial charge on any atom is 0.244 e. The molecule has 0 aliphatic heterocycles. The Morgan fingerprint density at radius 3 is 2.33 bits per heavy atom. The number of hydroxylamine groups is 1. The molecule has 1 heterocycles. The predicted molar refractivity (Wildman–Crippen MR) is 108 cm³/mol. The van der Waals surface area contributed by atoms with Crippen molar-refractivity contribution >= 4 is 10.0 Å². The average molecular weight is 394 g/mol. The minimum Gasteiger partial charge on any atom is -0.391 e. The molecule has 0 aliphatic rings. The molecular formula is C20H31N3O3S. The number of hydrogen-bond donors (Lipinski definition) is 0. The van der Waals surface area contributed by atoms with E-state index in [-0.39, 0.29) is 5.75 Å². The standard InChI is InChI=1S/C20H31N3O3S/c1-3-5-7-9-17-27(24,25)23(15-8-6-4-2)26-20-12-10-19(11-13-20)22-16-14-21-18-22/h10-14,16,18H,3-9,15,17H2,1-2H3. The van der Waals surface area contributed by atoms with Gasteiger partial charge in [-0.25, -0.2) is 13.4 Å². The smallest absolute Gasteiger partial charge is 0.244 e. The first kappa shape index (κ1) is 21.4. The summed E-state index contributed by atoms with van der Waals surface area (Å²) in [7, 11) is -3.44. The summed E-state index contributed by atoms with van der Waals surface area (Å²) in [5.41, 5.74) is 0.944. The van der Waals surface area contributed by atoms with Gasteiger partial charge >= 0.3 is 0 Å². The molecule has 0 spiro atoms. The van der Waals surface area contributed by atoms with Gasteiger partial charge in [-0.3, -0.25) is 0 Å². The Morgan fingerprint density at radius 2 is 1.70 bits per heavy atom. The zero-order valence-electron chi connectivity index (χ0n) is 16.4. The largest absolute Gasteiger partial charge is 0.391 e. The number of rotatable bonds is 13. The number of unbranched alkanes of at least 4 members (excludes halogenated alkanes) is 5. The van der Waals surface area contributed by atoms with Gasteiger partial charge in [0, 0.05) is 18.1 Å². The van der Waals surface area contributed by atoms with Crippen LogP contribution in [0.15, 0.2) is 43.0 Å². The van der Waals surface area contributed by atoms with E-state index < -0.39 is 10.0 Å². The molecule has 1 aromatic heterocycles. The molecule has 7 heteroatoms. The van der Waals surface area contributed by atoms with Crippen LogP contribution in [-0.2, 0) is 10.0 Å². The van der Waals surface area contributed by atoms with E-state index in [0.717, 1.165) is 44.2 Å². The minimum absolute atomic E-state index is 0.131. The highest BCUT2D eigenvalue weighted by molar-refractivity contribution is 7.88. The van der Waals surface area contributed by atoms with Crippen LogP contribution >= 0.6 is 0 Å². The molecule has 0 unspecified atom stereocenters. The second-order valence-corrected chi connectivity index (χ2v) is 8.64. The number of aromatic nitrogens is 2. The van der Waals surface area contributed by atoms with Crippen molar-refractivity contribution in [3.8, 4) is 11.4 Å². The summed E-state index contributed by atoms with van der Waals surface area (Å²) in [5.74, 6) is 0.652. The van der Waals surface area contributed by atoms with Gasteiger partial charge in [0.25, 0.3) is 0 Å². The minimum atomic E-state index is -3.44. The fraction of sp³-hybridized carbons (Fsp3) is 0.550. The summed E-state index contributed by atoms with van der Waals surface area (Å²) in [4.78, 5) is 9.80. The fourth-order valence-corrected chi connectivity index (χ4v) is 4.13. The third-order valence-electron chi connectivity index (χ3n) is 4.36. The van der Waals surface area contributed by atoms with Crippen LogP contribution in [0.3, 0.4) is 0 Å². The molecule has 0 saturated heterocycles. The molecule has 27 heavy (non-hydrogen) atoms. The summed E-state index contributed by atoms with van der Waals surface area (Å²) in [6.07, 6.45) is 11.8. The van der Waals surface area contributed by atoms with Gasteiger partial charge in [0.1, 0.15) is 5.75 Å².